The summed E-state index contributed by atoms with van der Waals surface area (Å²) in [5, 5.41) is 32.1. The maximum absolute atomic E-state index is 10.9. The summed E-state index contributed by atoms with van der Waals surface area (Å²) in [5.74, 6) is -1.49. The predicted molar refractivity (Wildman–Crippen MR) is 69.6 cm³/mol. The normalized spacial score (nSPS) is 10.0. The summed E-state index contributed by atoms with van der Waals surface area (Å²) in [6, 6.07) is 6.44. The van der Waals surface area contributed by atoms with E-state index in [1.54, 1.807) is 0 Å². The molecular formula is C11H5BrN4O4. The molecular weight excluding hydrogens is 332 g/mol. The van der Waals surface area contributed by atoms with Crippen molar-refractivity contribution in [1.29, 1.82) is 5.26 Å². The van der Waals surface area contributed by atoms with Gasteiger partial charge >= 0.3 is 11.7 Å². The Kier molecular flexibility index (Phi) is 3.49. The van der Waals surface area contributed by atoms with Gasteiger partial charge in [-0.1, -0.05) is 0 Å². The molecule has 1 heterocycles. The third-order valence-electron chi connectivity index (χ3n) is 2.42. The largest absolute Gasteiger partial charge is 0.476 e. The van der Waals surface area contributed by atoms with Gasteiger partial charge in [0.05, 0.1) is 22.2 Å². The number of rotatable bonds is 3. The molecule has 0 radical (unpaired) electrons. The Balaban J connectivity index is 2.60. The Morgan fingerprint density at radius 2 is 2.25 bits per heavy atom. The first kappa shape index (κ1) is 13.7. The SMILES string of the molecule is N#Cc1ccc(-n2cc([N+](=O)[O-])c(C(=O)O)n2)c(Br)c1. The Labute approximate surface area is 120 Å². The van der Waals surface area contributed by atoms with Crippen LogP contribution in [0.5, 0.6) is 0 Å². The molecule has 9 heteroatoms. The predicted octanol–water partition coefficient (Wildman–Crippen LogP) is 2.11. The van der Waals surface area contributed by atoms with Crippen molar-refractivity contribution in [2.24, 2.45) is 0 Å². The van der Waals surface area contributed by atoms with Crippen LogP contribution in [0.25, 0.3) is 5.69 Å². The molecule has 0 atom stereocenters. The quantitative estimate of drug-likeness (QED) is 0.676. The topological polar surface area (TPSA) is 122 Å². The summed E-state index contributed by atoms with van der Waals surface area (Å²) in [4.78, 5) is 20.9. The summed E-state index contributed by atoms with van der Waals surface area (Å²) in [5.41, 5.74) is -0.472. The van der Waals surface area contributed by atoms with E-state index in [0.29, 0.717) is 15.7 Å². The van der Waals surface area contributed by atoms with E-state index in [1.165, 1.54) is 18.2 Å². The molecule has 0 fully saturated rings. The molecule has 0 aliphatic rings. The highest BCUT2D eigenvalue weighted by Crippen LogP contribution is 2.25. The molecule has 0 unspecified atom stereocenters. The number of hydrogen-bond acceptors (Lipinski definition) is 5. The highest BCUT2D eigenvalue weighted by atomic mass is 79.9. The molecule has 2 rings (SSSR count). The van der Waals surface area contributed by atoms with Gasteiger partial charge in [-0.25, -0.2) is 9.48 Å². The zero-order valence-corrected chi connectivity index (χ0v) is 11.2. The van der Waals surface area contributed by atoms with E-state index in [4.69, 9.17) is 10.4 Å². The Morgan fingerprint density at radius 3 is 2.70 bits per heavy atom. The Hall–Kier alpha value is -2.73. The fourth-order valence-corrected chi connectivity index (χ4v) is 2.10. The lowest BCUT2D eigenvalue weighted by molar-refractivity contribution is -0.385. The van der Waals surface area contributed by atoms with Crippen molar-refractivity contribution < 1.29 is 14.8 Å². The Morgan fingerprint density at radius 1 is 1.55 bits per heavy atom. The molecule has 0 spiro atoms. The van der Waals surface area contributed by atoms with Crippen molar-refractivity contribution in [3.63, 3.8) is 0 Å². The van der Waals surface area contributed by atoms with Crippen molar-refractivity contribution in [1.82, 2.24) is 9.78 Å². The van der Waals surface area contributed by atoms with Gasteiger partial charge in [0.15, 0.2) is 0 Å². The first-order valence-corrected chi connectivity index (χ1v) is 5.90. The van der Waals surface area contributed by atoms with Crippen LogP contribution >= 0.6 is 15.9 Å². The molecule has 0 saturated carbocycles. The van der Waals surface area contributed by atoms with Gasteiger partial charge in [0.2, 0.25) is 5.69 Å². The number of halogens is 1. The number of nitrogens with zero attached hydrogens (tertiary/aromatic N) is 4. The molecule has 0 aliphatic heterocycles. The van der Waals surface area contributed by atoms with Crippen LogP contribution < -0.4 is 0 Å². The number of hydrogen-bond donors (Lipinski definition) is 1. The molecule has 0 bridgehead atoms. The highest BCUT2D eigenvalue weighted by molar-refractivity contribution is 9.10. The minimum Gasteiger partial charge on any atom is -0.476 e. The van der Waals surface area contributed by atoms with Crippen molar-refractivity contribution in [3.05, 3.63) is 50.2 Å². The zero-order valence-electron chi connectivity index (χ0n) is 9.65. The van der Waals surface area contributed by atoms with E-state index in [2.05, 4.69) is 21.0 Å². The second-order valence-corrected chi connectivity index (χ2v) is 4.50. The number of benzene rings is 1. The van der Waals surface area contributed by atoms with Gasteiger partial charge in [0.1, 0.15) is 6.20 Å². The van der Waals surface area contributed by atoms with Gasteiger partial charge in [-0.3, -0.25) is 10.1 Å². The zero-order chi connectivity index (χ0) is 14.9. The molecule has 1 aromatic heterocycles. The number of nitriles is 1. The van der Waals surface area contributed by atoms with Gasteiger partial charge in [-0.2, -0.15) is 10.4 Å². The summed E-state index contributed by atoms with van der Waals surface area (Å²) in [6.45, 7) is 0. The number of carbonyl (C=O) groups is 1. The average molecular weight is 337 g/mol. The molecule has 0 aliphatic carbocycles. The van der Waals surface area contributed by atoms with Crippen LogP contribution in [0.2, 0.25) is 0 Å². The second kappa shape index (κ2) is 5.10. The first-order valence-electron chi connectivity index (χ1n) is 5.11. The van der Waals surface area contributed by atoms with Crippen molar-refractivity contribution >= 4 is 27.6 Å². The molecule has 1 N–H and O–H groups in total. The maximum Gasteiger partial charge on any atom is 0.363 e. The summed E-state index contributed by atoms with van der Waals surface area (Å²) < 4.78 is 1.54. The fraction of sp³-hybridized carbons (Fsp3) is 0. The minimum atomic E-state index is -1.49. The van der Waals surface area contributed by atoms with Crippen LogP contribution in [0.15, 0.2) is 28.9 Å². The van der Waals surface area contributed by atoms with Gasteiger partial charge in [-0.05, 0) is 34.1 Å². The van der Waals surface area contributed by atoms with E-state index >= 15 is 0 Å². The smallest absolute Gasteiger partial charge is 0.363 e. The number of nitro groups is 1. The van der Waals surface area contributed by atoms with Crippen LogP contribution in [-0.4, -0.2) is 25.8 Å². The number of carboxylic acids is 1. The first-order chi connectivity index (χ1) is 9.43. The summed E-state index contributed by atoms with van der Waals surface area (Å²) >= 11 is 3.20. The monoisotopic (exact) mass is 336 g/mol. The van der Waals surface area contributed by atoms with Crippen LogP contribution in [0, 0.1) is 21.4 Å². The second-order valence-electron chi connectivity index (χ2n) is 3.65. The molecule has 1 aromatic carbocycles. The molecule has 100 valence electrons. The van der Waals surface area contributed by atoms with Gasteiger partial charge in [0.25, 0.3) is 0 Å². The van der Waals surface area contributed by atoms with Crippen molar-refractivity contribution in [2.45, 2.75) is 0 Å². The molecule has 8 nitrogen and oxygen atoms in total. The standard InChI is InChI=1S/C11H5BrN4O4/c12-7-3-6(4-13)1-2-8(7)15-5-9(16(19)20)10(14-15)11(17)18/h1-3,5H,(H,17,18). The van der Waals surface area contributed by atoms with Crippen molar-refractivity contribution in [3.8, 4) is 11.8 Å². The van der Waals surface area contributed by atoms with Gasteiger partial charge < -0.3 is 5.11 Å². The Bertz CT molecular complexity index is 731. The van der Waals surface area contributed by atoms with E-state index in [9.17, 15) is 14.9 Å². The van der Waals surface area contributed by atoms with Crippen LogP contribution in [0.4, 0.5) is 5.69 Å². The number of carboxylic acid groups (broad SMARTS) is 1. The lowest BCUT2D eigenvalue weighted by Crippen LogP contribution is -2.03. The lowest BCUT2D eigenvalue weighted by Gasteiger charge is -2.03. The van der Waals surface area contributed by atoms with Gasteiger partial charge in [-0.15, -0.1) is 0 Å². The molecule has 0 amide bonds. The van der Waals surface area contributed by atoms with Crippen LogP contribution in [-0.2, 0) is 0 Å². The third kappa shape index (κ3) is 2.36. The molecule has 20 heavy (non-hydrogen) atoms. The average Bonchev–Trinajstić information content (AvgIpc) is 2.83. The number of aromatic carboxylic acids is 1. The van der Waals surface area contributed by atoms with E-state index in [1.807, 2.05) is 6.07 Å². The van der Waals surface area contributed by atoms with Gasteiger partial charge in [0, 0.05) is 4.47 Å². The van der Waals surface area contributed by atoms with E-state index in [0.717, 1.165) is 10.9 Å². The maximum atomic E-state index is 10.9. The van der Waals surface area contributed by atoms with E-state index in [-0.39, 0.29) is 0 Å². The van der Waals surface area contributed by atoms with E-state index < -0.39 is 22.3 Å². The summed E-state index contributed by atoms with van der Waals surface area (Å²) in [7, 11) is 0. The molecule has 2 aromatic rings. The van der Waals surface area contributed by atoms with Crippen LogP contribution in [0.3, 0.4) is 0 Å². The van der Waals surface area contributed by atoms with Crippen molar-refractivity contribution in [2.75, 3.05) is 0 Å². The fourth-order valence-electron chi connectivity index (χ4n) is 1.54. The number of aromatic nitrogens is 2. The lowest BCUT2D eigenvalue weighted by atomic mass is 10.2. The highest BCUT2D eigenvalue weighted by Gasteiger charge is 2.26. The summed E-state index contributed by atoms with van der Waals surface area (Å²) in [6.07, 6.45) is 1.01. The van der Waals surface area contributed by atoms with Crippen LogP contribution in [0.1, 0.15) is 16.1 Å². The third-order valence-corrected chi connectivity index (χ3v) is 3.05. The molecule has 0 saturated heterocycles. The minimum absolute atomic E-state index is 0.389.